The van der Waals surface area contributed by atoms with Gasteiger partial charge in [-0.2, -0.15) is 0 Å². The van der Waals surface area contributed by atoms with Crippen LogP contribution in [0.1, 0.15) is 42.7 Å². The smallest absolute Gasteiger partial charge is 0.317 e. The van der Waals surface area contributed by atoms with Crippen LogP contribution in [0.5, 0.6) is 0 Å². The summed E-state index contributed by atoms with van der Waals surface area (Å²) in [5.74, 6) is 1.31. The maximum absolute atomic E-state index is 12.3. The summed E-state index contributed by atoms with van der Waals surface area (Å²) in [5.41, 5.74) is 2.33. The summed E-state index contributed by atoms with van der Waals surface area (Å²) in [6.07, 6.45) is 3.28. The van der Waals surface area contributed by atoms with Crippen LogP contribution in [0.2, 0.25) is 0 Å². The van der Waals surface area contributed by atoms with Gasteiger partial charge in [0, 0.05) is 32.7 Å². The minimum Gasteiger partial charge on any atom is -0.359 e. The number of benzene rings is 1. The molecular weight excluding hydrogens is 340 g/mol. The second-order valence-corrected chi connectivity index (χ2v) is 7.28. The summed E-state index contributed by atoms with van der Waals surface area (Å²) in [6.45, 7) is 6.16. The van der Waals surface area contributed by atoms with Gasteiger partial charge in [-0.05, 0) is 37.3 Å². The van der Waals surface area contributed by atoms with Gasteiger partial charge < -0.3 is 19.6 Å². The van der Waals surface area contributed by atoms with Gasteiger partial charge >= 0.3 is 6.03 Å². The minimum absolute atomic E-state index is 0.0823. The highest BCUT2D eigenvalue weighted by atomic mass is 16.5. The van der Waals surface area contributed by atoms with Gasteiger partial charge in [0.05, 0.1) is 12.2 Å². The van der Waals surface area contributed by atoms with Crippen LogP contribution in [0.4, 0.5) is 4.79 Å². The third-order valence-corrected chi connectivity index (χ3v) is 5.19. The van der Waals surface area contributed by atoms with E-state index < -0.39 is 0 Å². The number of rotatable bonds is 7. The Kier molecular flexibility index (Phi) is 6.87. The summed E-state index contributed by atoms with van der Waals surface area (Å²) in [4.78, 5) is 16.4. The van der Waals surface area contributed by atoms with Crippen LogP contribution >= 0.6 is 0 Å². The number of aryl methyl sites for hydroxylation is 1. The molecule has 0 saturated carbocycles. The number of nitrogens with one attached hydrogen (secondary N) is 1. The number of hydrogen-bond donors (Lipinski definition) is 1. The molecule has 2 amide bonds. The van der Waals surface area contributed by atoms with E-state index in [0.29, 0.717) is 24.8 Å². The average Bonchev–Trinajstić information content (AvgIpc) is 3.16. The lowest BCUT2D eigenvalue weighted by Gasteiger charge is -2.33. The molecule has 0 aliphatic carbocycles. The van der Waals surface area contributed by atoms with Crippen molar-refractivity contribution in [3.63, 3.8) is 0 Å². The Morgan fingerprint density at radius 3 is 2.93 bits per heavy atom. The molecule has 6 nitrogen and oxygen atoms in total. The number of carbonyl (C=O) groups excluding carboxylic acids is 1. The molecule has 3 rings (SSSR count). The molecule has 1 aliphatic rings. The minimum atomic E-state index is -0.0823. The molecular formula is C21H30N4O2. The van der Waals surface area contributed by atoms with Gasteiger partial charge in [0.1, 0.15) is 0 Å². The van der Waals surface area contributed by atoms with Crippen molar-refractivity contribution in [1.82, 2.24) is 20.3 Å². The largest absolute Gasteiger partial charge is 0.359 e. The molecule has 1 aromatic carbocycles. The molecule has 1 fully saturated rings. The van der Waals surface area contributed by atoms with Crippen LogP contribution in [-0.4, -0.2) is 54.2 Å². The van der Waals surface area contributed by atoms with Crippen LogP contribution in [0.3, 0.4) is 0 Å². The number of amides is 2. The second kappa shape index (κ2) is 9.55. The van der Waals surface area contributed by atoms with Crippen LogP contribution in [0, 0.1) is 0 Å². The van der Waals surface area contributed by atoms with E-state index in [0.717, 1.165) is 31.7 Å². The number of piperidine rings is 1. The molecule has 1 aliphatic heterocycles. The quantitative estimate of drug-likeness (QED) is 0.813. The molecule has 1 aromatic heterocycles. The number of hydrogen-bond acceptors (Lipinski definition) is 4. The van der Waals surface area contributed by atoms with Crippen LogP contribution < -0.4 is 5.32 Å². The fourth-order valence-corrected chi connectivity index (χ4v) is 3.61. The number of likely N-dealkylation sites (tertiary alicyclic amines) is 1. The Hall–Kier alpha value is -2.34. The number of carbonyl (C=O) groups is 1. The van der Waals surface area contributed by atoms with Gasteiger partial charge in [0.15, 0.2) is 5.76 Å². The van der Waals surface area contributed by atoms with E-state index in [-0.39, 0.29) is 6.03 Å². The summed E-state index contributed by atoms with van der Waals surface area (Å²) in [5, 5.41) is 6.97. The number of nitrogens with zero attached hydrogens (tertiary/aromatic N) is 3. The first kappa shape index (κ1) is 19.4. The van der Waals surface area contributed by atoms with Gasteiger partial charge in [-0.3, -0.25) is 0 Å². The van der Waals surface area contributed by atoms with Crippen molar-refractivity contribution in [3.05, 3.63) is 53.4 Å². The maximum atomic E-state index is 12.3. The molecule has 2 heterocycles. The number of aromatic nitrogens is 1. The molecule has 27 heavy (non-hydrogen) atoms. The van der Waals surface area contributed by atoms with Gasteiger partial charge in [-0.25, -0.2) is 4.79 Å². The predicted molar refractivity (Wildman–Crippen MR) is 106 cm³/mol. The van der Waals surface area contributed by atoms with E-state index >= 15 is 0 Å². The van der Waals surface area contributed by atoms with Gasteiger partial charge in [0.25, 0.3) is 0 Å². The highest BCUT2D eigenvalue weighted by Crippen LogP contribution is 2.26. The first-order chi connectivity index (χ1) is 13.2. The molecule has 2 aromatic rings. The van der Waals surface area contributed by atoms with Crippen molar-refractivity contribution in [2.24, 2.45) is 0 Å². The molecule has 1 atom stereocenters. The molecule has 0 spiro atoms. The monoisotopic (exact) mass is 370 g/mol. The predicted octanol–water partition coefficient (Wildman–Crippen LogP) is 3.26. The Bertz CT molecular complexity index is 716. The van der Waals surface area contributed by atoms with E-state index in [1.54, 1.807) is 11.9 Å². The fourth-order valence-electron chi connectivity index (χ4n) is 3.61. The normalized spacial score (nSPS) is 17.6. The lowest BCUT2D eigenvalue weighted by atomic mass is 9.91. The van der Waals surface area contributed by atoms with E-state index in [4.69, 9.17) is 4.52 Å². The van der Waals surface area contributed by atoms with Crippen molar-refractivity contribution in [1.29, 1.82) is 0 Å². The van der Waals surface area contributed by atoms with Crippen molar-refractivity contribution in [2.45, 2.75) is 38.6 Å². The summed E-state index contributed by atoms with van der Waals surface area (Å²) in [7, 11) is 1.77. The zero-order valence-electron chi connectivity index (χ0n) is 16.4. The highest BCUT2D eigenvalue weighted by molar-refractivity contribution is 5.73. The van der Waals surface area contributed by atoms with Crippen molar-refractivity contribution >= 4 is 6.03 Å². The van der Waals surface area contributed by atoms with E-state index in [1.807, 2.05) is 13.0 Å². The van der Waals surface area contributed by atoms with Gasteiger partial charge in [-0.1, -0.05) is 42.4 Å². The van der Waals surface area contributed by atoms with Crippen molar-refractivity contribution < 1.29 is 9.32 Å². The first-order valence-corrected chi connectivity index (χ1v) is 9.86. The third kappa shape index (κ3) is 5.57. The summed E-state index contributed by atoms with van der Waals surface area (Å²) in [6, 6.07) is 12.6. The van der Waals surface area contributed by atoms with Gasteiger partial charge in [0.2, 0.25) is 0 Å². The number of urea groups is 1. The molecule has 0 radical (unpaired) electrons. The van der Waals surface area contributed by atoms with E-state index in [1.165, 1.54) is 18.4 Å². The summed E-state index contributed by atoms with van der Waals surface area (Å²) >= 11 is 0. The fraction of sp³-hybridized carbons (Fsp3) is 0.524. The Morgan fingerprint density at radius 2 is 2.19 bits per heavy atom. The van der Waals surface area contributed by atoms with E-state index in [9.17, 15) is 4.79 Å². The molecule has 1 N–H and O–H groups in total. The van der Waals surface area contributed by atoms with Crippen LogP contribution in [0.15, 0.2) is 40.9 Å². The van der Waals surface area contributed by atoms with E-state index in [2.05, 4.69) is 45.7 Å². The molecule has 1 saturated heterocycles. The Balaban J connectivity index is 1.40. The highest BCUT2D eigenvalue weighted by Gasteiger charge is 2.21. The molecule has 146 valence electrons. The first-order valence-electron chi connectivity index (χ1n) is 9.86. The van der Waals surface area contributed by atoms with Crippen LogP contribution in [-0.2, 0) is 13.0 Å². The van der Waals surface area contributed by atoms with Crippen LogP contribution in [0.25, 0.3) is 0 Å². The summed E-state index contributed by atoms with van der Waals surface area (Å²) < 4.78 is 5.25. The Labute approximate surface area is 161 Å². The third-order valence-electron chi connectivity index (χ3n) is 5.19. The van der Waals surface area contributed by atoms with Crippen molar-refractivity contribution in [3.8, 4) is 0 Å². The lowest BCUT2D eigenvalue weighted by Crippen LogP contribution is -2.43. The second-order valence-electron chi connectivity index (χ2n) is 7.28. The zero-order chi connectivity index (χ0) is 19.1. The standard InChI is InChI=1S/C21H30N4O2/c1-3-19-14-20(27-23-19)16-24(2)21(26)22-11-13-25-12-7-10-18(15-25)17-8-5-4-6-9-17/h4-6,8-9,14,18H,3,7,10-13,15-16H2,1-2H3,(H,22,26). The maximum Gasteiger partial charge on any atom is 0.317 e. The Morgan fingerprint density at radius 1 is 1.37 bits per heavy atom. The molecule has 6 heteroatoms. The lowest BCUT2D eigenvalue weighted by molar-refractivity contribution is 0.189. The average molecular weight is 370 g/mol. The molecule has 0 bridgehead atoms. The molecule has 1 unspecified atom stereocenters. The zero-order valence-corrected chi connectivity index (χ0v) is 16.4. The van der Waals surface area contributed by atoms with Crippen molar-refractivity contribution in [2.75, 3.05) is 33.2 Å². The topological polar surface area (TPSA) is 61.6 Å². The van der Waals surface area contributed by atoms with Gasteiger partial charge in [-0.15, -0.1) is 0 Å². The SMILES string of the molecule is CCc1cc(CN(C)C(=O)NCCN2CCCC(c3ccccc3)C2)on1.